The van der Waals surface area contributed by atoms with Gasteiger partial charge in [-0.3, -0.25) is 4.90 Å². The minimum absolute atomic E-state index is 0.126. The molecule has 0 radical (unpaired) electrons. The van der Waals surface area contributed by atoms with Gasteiger partial charge in [0.15, 0.2) is 0 Å². The number of hydrogen-bond acceptors (Lipinski definition) is 7. The number of halogens is 3. The number of anilines is 2. The second-order valence-electron chi connectivity index (χ2n) is 12.7. The molecule has 12 heteroatoms. The fourth-order valence-corrected chi connectivity index (χ4v) is 5.65. The Bertz CT molecular complexity index is 1570. The van der Waals surface area contributed by atoms with E-state index in [-0.39, 0.29) is 18.3 Å². The molecule has 47 heavy (non-hydrogen) atoms. The Morgan fingerprint density at radius 3 is 2.43 bits per heavy atom. The maximum atomic E-state index is 13.8. The van der Waals surface area contributed by atoms with Crippen LogP contribution < -0.4 is 15.0 Å². The first kappa shape index (κ1) is 34.4. The van der Waals surface area contributed by atoms with E-state index in [0.717, 1.165) is 38.2 Å². The van der Waals surface area contributed by atoms with Crippen molar-refractivity contribution in [2.75, 3.05) is 69.4 Å². The van der Waals surface area contributed by atoms with Crippen LogP contribution in [0.25, 0.3) is 10.9 Å². The normalized spacial score (nSPS) is 20.3. The van der Waals surface area contributed by atoms with Gasteiger partial charge in [-0.1, -0.05) is 18.1 Å². The van der Waals surface area contributed by atoms with Crippen molar-refractivity contribution in [2.45, 2.75) is 58.0 Å². The molecule has 9 nitrogen and oxygen atoms in total. The summed E-state index contributed by atoms with van der Waals surface area (Å²) in [5.74, 6) is 6.40. The van der Waals surface area contributed by atoms with Crippen LogP contribution in [0.1, 0.15) is 39.3 Å². The first-order valence-electron chi connectivity index (χ1n) is 16.0. The van der Waals surface area contributed by atoms with Crippen LogP contribution >= 0.6 is 0 Å². The lowest BCUT2D eigenvalue weighted by molar-refractivity contribution is -0.140. The van der Waals surface area contributed by atoms with Crippen molar-refractivity contribution < 1.29 is 36.9 Å². The number of ether oxygens (including phenoxy) is 4. The van der Waals surface area contributed by atoms with Crippen LogP contribution in [0.15, 0.2) is 48.5 Å². The number of piperidine rings is 1. The number of nitrogens with one attached hydrogen (secondary N) is 1. The molecule has 1 aromatic heterocycles. The first-order chi connectivity index (χ1) is 22.4. The van der Waals surface area contributed by atoms with Crippen LogP contribution in [0, 0.1) is 11.8 Å². The second kappa shape index (κ2) is 15.3. The number of aromatic nitrogens is 1. The number of amides is 1. The number of benzene rings is 2. The minimum Gasteiger partial charge on any atom is -0.491 e. The van der Waals surface area contributed by atoms with E-state index < -0.39 is 24.4 Å². The van der Waals surface area contributed by atoms with Gasteiger partial charge in [0.1, 0.15) is 24.5 Å². The van der Waals surface area contributed by atoms with Crippen LogP contribution in [0.5, 0.6) is 5.75 Å². The van der Waals surface area contributed by atoms with E-state index in [0.29, 0.717) is 55.4 Å². The number of carbonyl (C=O) groups excluding carboxylic acids is 1. The third-order valence-electron chi connectivity index (χ3n) is 7.85. The van der Waals surface area contributed by atoms with E-state index in [2.05, 4.69) is 22.1 Å². The molecular weight excluding hydrogens is 613 g/mol. The van der Waals surface area contributed by atoms with E-state index in [1.165, 1.54) is 9.47 Å². The Hall–Kier alpha value is -3.92. The molecule has 1 N–H and O–H groups in total. The predicted molar refractivity (Wildman–Crippen MR) is 175 cm³/mol. The van der Waals surface area contributed by atoms with Crippen LogP contribution in [0.3, 0.4) is 0 Å². The molecule has 4 heterocycles. The monoisotopic (exact) mass is 656 g/mol. The van der Waals surface area contributed by atoms with Gasteiger partial charge in [0.2, 0.25) is 0 Å². The topological polar surface area (TPSA) is 77.4 Å². The van der Waals surface area contributed by atoms with Crippen molar-refractivity contribution in [3.63, 3.8) is 0 Å². The lowest BCUT2D eigenvalue weighted by Gasteiger charge is -2.32. The SMILES string of the molecule is CC(C)(C)OC(=O)N1CC#Cc2cc3c(cccc3n2CC(F)(F)F)NC2CCN(CCOCCOCCOc3cccc1c3)CC2. The third-order valence-corrected chi connectivity index (χ3v) is 7.85. The van der Waals surface area contributed by atoms with Crippen molar-refractivity contribution >= 4 is 28.4 Å². The lowest BCUT2D eigenvalue weighted by atomic mass is 10.0. The second-order valence-corrected chi connectivity index (χ2v) is 12.7. The summed E-state index contributed by atoms with van der Waals surface area (Å²) in [6.45, 7) is 8.78. The summed E-state index contributed by atoms with van der Waals surface area (Å²) in [7, 11) is 0. The first-order valence-corrected chi connectivity index (χ1v) is 16.0. The van der Waals surface area contributed by atoms with E-state index in [1.54, 1.807) is 63.2 Å². The largest absolute Gasteiger partial charge is 0.491 e. The quantitative estimate of drug-likeness (QED) is 0.244. The molecule has 1 fully saturated rings. The predicted octanol–water partition coefficient (Wildman–Crippen LogP) is 6.30. The number of hydrogen-bond donors (Lipinski definition) is 1. The molecule has 3 aromatic rings. The minimum atomic E-state index is -4.46. The van der Waals surface area contributed by atoms with Crippen molar-refractivity contribution in [3.05, 3.63) is 54.2 Å². The van der Waals surface area contributed by atoms with Crippen LogP contribution in [0.2, 0.25) is 0 Å². The zero-order valence-corrected chi connectivity index (χ0v) is 27.2. The average molecular weight is 657 g/mol. The standard InChI is InChI=1S/C35H43F3N4O5/c1-34(2,3)47-33(43)41-14-6-8-28-24-30-31(10-5-11-32(30)42(28)25-35(36,37)38)39-26-12-15-40(16-13-26)17-18-44-19-20-45-21-22-46-29-9-4-7-27(41)23-29/h4-5,7,9-11,23-24,26,39H,12-22,25H2,1-3H3. The number of alkyl halides is 3. The van der Waals surface area contributed by atoms with Crippen LogP contribution in [-0.2, 0) is 20.8 Å². The van der Waals surface area contributed by atoms with Crippen LogP contribution in [-0.4, -0.2) is 92.6 Å². The van der Waals surface area contributed by atoms with Gasteiger partial charge in [-0.25, -0.2) is 4.79 Å². The van der Waals surface area contributed by atoms with E-state index >= 15 is 0 Å². The molecule has 3 aliphatic rings. The van der Waals surface area contributed by atoms with Gasteiger partial charge in [-0.15, -0.1) is 0 Å². The van der Waals surface area contributed by atoms with E-state index in [1.807, 2.05) is 6.07 Å². The number of rotatable bonds is 1. The number of carbonyl (C=O) groups is 1. The van der Waals surface area contributed by atoms with Crippen molar-refractivity contribution in [2.24, 2.45) is 0 Å². The maximum absolute atomic E-state index is 13.8. The average Bonchev–Trinajstić information content (AvgIpc) is 3.34. The molecule has 0 saturated carbocycles. The van der Waals surface area contributed by atoms with Gasteiger partial charge in [-0.05, 0) is 69.9 Å². The molecule has 6 rings (SSSR count). The molecule has 3 aliphatic heterocycles. The Balaban J connectivity index is 1.49. The zero-order chi connectivity index (χ0) is 33.4. The van der Waals surface area contributed by atoms with E-state index in [4.69, 9.17) is 18.9 Å². The fourth-order valence-electron chi connectivity index (χ4n) is 5.65. The smallest absolute Gasteiger partial charge is 0.415 e. The van der Waals surface area contributed by atoms with Gasteiger partial charge in [-0.2, -0.15) is 13.2 Å². The molecule has 1 saturated heterocycles. The summed E-state index contributed by atoms with van der Waals surface area (Å²) in [5.41, 5.74) is 1.10. The maximum Gasteiger partial charge on any atom is 0.415 e. The highest BCUT2D eigenvalue weighted by atomic mass is 19.4. The summed E-state index contributed by atoms with van der Waals surface area (Å²) in [6, 6.07) is 14.1. The summed E-state index contributed by atoms with van der Waals surface area (Å²) in [4.78, 5) is 17.0. The number of fused-ring (bicyclic) bond motifs is 12. The van der Waals surface area contributed by atoms with E-state index in [9.17, 15) is 18.0 Å². The fraction of sp³-hybridized carbons (Fsp3) is 0.514. The Labute approximate surface area is 273 Å². The van der Waals surface area contributed by atoms with Gasteiger partial charge in [0.25, 0.3) is 0 Å². The number of nitrogens with zero attached hydrogens (tertiary/aromatic N) is 3. The molecule has 254 valence electrons. The Kier molecular flexibility index (Phi) is 11.2. The Morgan fingerprint density at radius 2 is 1.68 bits per heavy atom. The van der Waals surface area contributed by atoms with Gasteiger partial charge in [0.05, 0.1) is 49.9 Å². The molecular formula is C35H43F3N4O5. The molecule has 0 spiro atoms. The van der Waals surface area contributed by atoms with Crippen molar-refractivity contribution in [1.29, 1.82) is 0 Å². The van der Waals surface area contributed by atoms with Gasteiger partial charge >= 0.3 is 12.3 Å². The highest BCUT2D eigenvalue weighted by Crippen LogP contribution is 2.31. The van der Waals surface area contributed by atoms with Gasteiger partial charge < -0.3 is 33.7 Å². The zero-order valence-electron chi connectivity index (χ0n) is 27.2. The van der Waals surface area contributed by atoms with Crippen LogP contribution in [0.4, 0.5) is 29.3 Å². The lowest BCUT2D eigenvalue weighted by Crippen LogP contribution is -2.40. The molecule has 1 amide bonds. The highest BCUT2D eigenvalue weighted by molar-refractivity contribution is 5.94. The molecule has 2 aromatic carbocycles. The van der Waals surface area contributed by atoms with Crippen molar-refractivity contribution in [1.82, 2.24) is 9.47 Å². The summed E-state index contributed by atoms with van der Waals surface area (Å²) in [6.07, 6.45) is -3.30. The van der Waals surface area contributed by atoms with Crippen molar-refractivity contribution in [3.8, 4) is 17.6 Å². The summed E-state index contributed by atoms with van der Waals surface area (Å²) in [5, 5.41) is 4.25. The highest BCUT2D eigenvalue weighted by Gasteiger charge is 2.30. The Morgan fingerprint density at radius 1 is 0.957 bits per heavy atom. The molecule has 0 unspecified atom stereocenters. The summed E-state index contributed by atoms with van der Waals surface area (Å²) >= 11 is 0. The summed E-state index contributed by atoms with van der Waals surface area (Å²) < 4.78 is 65.6. The van der Waals surface area contributed by atoms with Gasteiger partial charge in [0, 0.05) is 42.8 Å². The molecule has 0 atom stereocenters. The molecule has 6 bridgehead atoms. The molecule has 0 aliphatic carbocycles. The third kappa shape index (κ3) is 10.0.